The Hall–Kier alpha value is -1.75. The molecule has 0 saturated heterocycles. The summed E-state index contributed by atoms with van der Waals surface area (Å²) < 4.78 is 11.2. The summed E-state index contributed by atoms with van der Waals surface area (Å²) in [7, 11) is 1.33. The maximum absolute atomic E-state index is 11.4. The van der Waals surface area contributed by atoms with Crippen molar-refractivity contribution in [2.75, 3.05) is 12.4 Å². The molecule has 0 aliphatic rings. The van der Waals surface area contributed by atoms with Gasteiger partial charge in [0.25, 0.3) is 0 Å². The third kappa shape index (κ3) is 3.47. The fourth-order valence-corrected chi connectivity index (χ4v) is 2.91. The number of ether oxygens (including phenoxy) is 1. The molecule has 0 saturated carbocycles. The topological polar surface area (TPSA) is 51.5 Å². The number of nitrogens with one attached hydrogen (secondary N) is 1. The molecule has 2 rings (SSSR count). The van der Waals surface area contributed by atoms with Crippen molar-refractivity contribution in [3.8, 4) is 0 Å². The third-order valence-corrected chi connectivity index (χ3v) is 3.76. The van der Waals surface area contributed by atoms with Gasteiger partial charge in [0.05, 0.1) is 13.2 Å². The molecular weight excluding hydrogens is 334 g/mol. The van der Waals surface area contributed by atoms with Crippen LogP contribution in [0.4, 0.5) is 5.69 Å². The smallest absolute Gasteiger partial charge is 0.373 e. The Morgan fingerprint density at radius 2 is 1.90 bits per heavy atom. The van der Waals surface area contributed by atoms with Gasteiger partial charge in [-0.25, -0.2) is 4.79 Å². The number of hydrogen-bond donors (Lipinski definition) is 1. The van der Waals surface area contributed by atoms with Crippen LogP contribution in [0.5, 0.6) is 0 Å². The minimum atomic E-state index is -0.468. The van der Waals surface area contributed by atoms with Crippen molar-refractivity contribution in [3.05, 3.63) is 51.4 Å². The lowest BCUT2D eigenvalue weighted by Crippen LogP contribution is -2.08. The number of aryl methyl sites for hydroxylation is 2. The highest BCUT2D eigenvalue weighted by Crippen LogP contribution is 2.29. The predicted molar refractivity (Wildman–Crippen MR) is 85.7 cm³/mol. The van der Waals surface area contributed by atoms with Crippen LogP contribution in [0.25, 0.3) is 0 Å². The Bertz CT molecular complexity index is 640. The number of benzene rings is 1. The van der Waals surface area contributed by atoms with Gasteiger partial charge in [0, 0.05) is 10.2 Å². The van der Waals surface area contributed by atoms with Crippen molar-refractivity contribution < 1.29 is 13.9 Å². The maximum atomic E-state index is 11.4. The highest BCUT2D eigenvalue weighted by molar-refractivity contribution is 9.10. The molecule has 1 unspecified atom stereocenters. The van der Waals surface area contributed by atoms with Gasteiger partial charge in [0.15, 0.2) is 0 Å². The number of methoxy groups -OCH3 is 1. The van der Waals surface area contributed by atoms with Gasteiger partial charge >= 0.3 is 5.97 Å². The van der Waals surface area contributed by atoms with Crippen LogP contribution in [0.2, 0.25) is 0 Å². The largest absolute Gasteiger partial charge is 0.463 e. The molecule has 0 aliphatic heterocycles. The third-order valence-electron chi connectivity index (χ3n) is 3.30. The van der Waals surface area contributed by atoms with Gasteiger partial charge in [0.2, 0.25) is 5.76 Å². The molecule has 0 bridgehead atoms. The molecule has 1 heterocycles. The van der Waals surface area contributed by atoms with Gasteiger partial charge in [-0.1, -0.05) is 15.9 Å². The van der Waals surface area contributed by atoms with E-state index in [9.17, 15) is 4.79 Å². The van der Waals surface area contributed by atoms with Crippen LogP contribution in [0, 0.1) is 13.8 Å². The maximum Gasteiger partial charge on any atom is 0.373 e. The Balaban J connectivity index is 2.20. The van der Waals surface area contributed by atoms with Crippen LogP contribution < -0.4 is 5.32 Å². The predicted octanol–water partition coefficient (Wildman–Crippen LogP) is 4.62. The van der Waals surface area contributed by atoms with E-state index in [1.165, 1.54) is 7.11 Å². The monoisotopic (exact) mass is 351 g/mol. The summed E-state index contributed by atoms with van der Waals surface area (Å²) in [5, 5.41) is 3.43. The second-order valence-corrected chi connectivity index (χ2v) is 5.89. The second-order valence-electron chi connectivity index (χ2n) is 4.97. The van der Waals surface area contributed by atoms with E-state index in [2.05, 4.69) is 52.0 Å². The van der Waals surface area contributed by atoms with Gasteiger partial charge in [-0.2, -0.15) is 0 Å². The number of rotatable bonds is 4. The molecule has 0 fully saturated rings. The number of carbonyl (C=O) groups is 1. The minimum absolute atomic E-state index is 0.0537. The average Bonchev–Trinajstić information content (AvgIpc) is 2.91. The number of hydrogen-bond acceptors (Lipinski definition) is 4. The Kier molecular flexibility index (Phi) is 4.73. The summed E-state index contributed by atoms with van der Waals surface area (Å²) in [5.74, 6) is 0.437. The fourth-order valence-electron chi connectivity index (χ4n) is 2.22. The zero-order valence-corrected chi connectivity index (χ0v) is 14.1. The van der Waals surface area contributed by atoms with Crippen LogP contribution in [0.15, 0.2) is 33.2 Å². The normalized spacial score (nSPS) is 12.0. The van der Waals surface area contributed by atoms with Crippen LogP contribution in [-0.4, -0.2) is 13.1 Å². The SMILES string of the molecule is COC(=O)c1ccc(C(C)Nc2c(C)cc(Br)cc2C)o1. The molecule has 1 aromatic heterocycles. The van der Waals surface area contributed by atoms with Crippen molar-refractivity contribution in [1.29, 1.82) is 0 Å². The second kappa shape index (κ2) is 6.35. The molecule has 0 radical (unpaired) electrons. The van der Waals surface area contributed by atoms with Crippen molar-refractivity contribution in [2.24, 2.45) is 0 Å². The first-order chi connectivity index (χ1) is 9.92. The molecule has 0 spiro atoms. The Morgan fingerprint density at radius 3 is 2.48 bits per heavy atom. The summed E-state index contributed by atoms with van der Waals surface area (Å²) in [6, 6.07) is 7.48. The fraction of sp³-hybridized carbons (Fsp3) is 0.312. The first-order valence-electron chi connectivity index (χ1n) is 6.63. The summed E-state index contributed by atoms with van der Waals surface area (Å²) in [4.78, 5) is 11.4. The quantitative estimate of drug-likeness (QED) is 0.816. The van der Waals surface area contributed by atoms with Crippen LogP contribution in [0.3, 0.4) is 0 Å². The lowest BCUT2D eigenvalue weighted by molar-refractivity contribution is 0.0562. The summed E-state index contributed by atoms with van der Waals surface area (Å²) in [6.45, 7) is 6.09. The lowest BCUT2D eigenvalue weighted by Gasteiger charge is -2.18. The molecular formula is C16H18BrNO3. The molecule has 1 atom stereocenters. The highest BCUT2D eigenvalue weighted by Gasteiger charge is 2.16. The molecule has 1 N–H and O–H groups in total. The van der Waals surface area contributed by atoms with E-state index in [0.717, 1.165) is 21.3 Å². The van der Waals surface area contributed by atoms with Crippen molar-refractivity contribution in [2.45, 2.75) is 26.8 Å². The average molecular weight is 352 g/mol. The summed E-state index contributed by atoms with van der Waals surface area (Å²) in [6.07, 6.45) is 0. The van der Waals surface area contributed by atoms with Crippen molar-refractivity contribution in [3.63, 3.8) is 0 Å². The lowest BCUT2D eigenvalue weighted by atomic mass is 10.1. The molecule has 0 aliphatic carbocycles. The van der Waals surface area contributed by atoms with Gasteiger partial charge in [0.1, 0.15) is 5.76 Å². The number of halogens is 1. The van der Waals surface area contributed by atoms with Gasteiger partial charge < -0.3 is 14.5 Å². The first-order valence-corrected chi connectivity index (χ1v) is 7.43. The number of carbonyl (C=O) groups excluding carboxylic acids is 1. The standard InChI is InChI=1S/C16H18BrNO3/c1-9-7-12(17)8-10(2)15(9)18-11(3)13-5-6-14(21-13)16(19)20-4/h5-8,11,18H,1-4H3. The summed E-state index contributed by atoms with van der Waals surface area (Å²) >= 11 is 3.49. The zero-order chi connectivity index (χ0) is 15.6. The van der Waals surface area contributed by atoms with Gasteiger partial charge in [-0.3, -0.25) is 0 Å². The summed E-state index contributed by atoms with van der Waals surface area (Å²) in [5.41, 5.74) is 3.36. The van der Waals surface area contributed by atoms with E-state index in [1.54, 1.807) is 12.1 Å². The highest BCUT2D eigenvalue weighted by atomic mass is 79.9. The van der Waals surface area contributed by atoms with Crippen molar-refractivity contribution >= 4 is 27.6 Å². The van der Waals surface area contributed by atoms with E-state index < -0.39 is 5.97 Å². The van der Waals surface area contributed by atoms with E-state index in [4.69, 9.17) is 4.42 Å². The molecule has 5 heteroatoms. The number of esters is 1. The Labute approximate surface area is 132 Å². The molecule has 112 valence electrons. The van der Waals surface area contributed by atoms with E-state index in [-0.39, 0.29) is 11.8 Å². The molecule has 2 aromatic rings. The van der Waals surface area contributed by atoms with Crippen LogP contribution >= 0.6 is 15.9 Å². The van der Waals surface area contributed by atoms with Crippen LogP contribution in [0.1, 0.15) is 40.4 Å². The van der Waals surface area contributed by atoms with Gasteiger partial charge in [-0.15, -0.1) is 0 Å². The van der Waals surface area contributed by atoms with Gasteiger partial charge in [-0.05, 0) is 56.2 Å². The molecule has 0 amide bonds. The number of anilines is 1. The van der Waals surface area contributed by atoms with E-state index in [0.29, 0.717) is 5.76 Å². The molecule has 4 nitrogen and oxygen atoms in total. The first kappa shape index (κ1) is 15.6. The zero-order valence-electron chi connectivity index (χ0n) is 12.5. The van der Waals surface area contributed by atoms with Crippen molar-refractivity contribution in [1.82, 2.24) is 0 Å². The molecule has 1 aromatic carbocycles. The van der Waals surface area contributed by atoms with E-state index >= 15 is 0 Å². The Morgan fingerprint density at radius 1 is 1.29 bits per heavy atom. The molecule has 21 heavy (non-hydrogen) atoms. The van der Waals surface area contributed by atoms with Crippen LogP contribution in [-0.2, 0) is 4.74 Å². The van der Waals surface area contributed by atoms with E-state index in [1.807, 2.05) is 6.92 Å². The number of furan rings is 1. The minimum Gasteiger partial charge on any atom is -0.463 e.